The van der Waals surface area contributed by atoms with Crippen LogP contribution in [-0.4, -0.2) is 33.2 Å². The number of hydrogen-bond acceptors (Lipinski definition) is 4. The van der Waals surface area contributed by atoms with Crippen LogP contribution < -0.4 is 14.4 Å². The van der Waals surface area contributed by atoms with Crippen molar-refractivity contribution in [1.29, 1.82) is 0 Å². The number of ether oxygens (including phenoxy) is 1. The molecule has 25 heavy (non-hydrogen) atoms. The van der Waals surface area contributed by atoms with Gasteiger partial charge in [0.05, 0.1) is 18.6 Å². The van der Waals surface area contributed by atoms with Crippen molar-refractivity contribution >= 4 is 27.3 Å². The fourth-order valence-corrected chi connectivity index (χ4v) is 3.64. The number of para-hydroxylation sites is 1. The van der Waals surface area contributed by atoms with Crippen molar-refractivity contribution in [2.45, 2.75) is 19.9 Å². The number of nitrogens with zero attached hydrogens (tertiary/aromatic N) is 1. The highest BCUT2D eigenvalue weighted by Crippen LogP contribution is 2.22. The van der Waals surface area contributed by atoms with Gasteiger partial charge >= 0.3 is 0 Å². The van der Waals surface area contributed by atoms with Gasteiger partial charge in [0.1, 0.15) is 11.8 Å². The largest absolute Gasteiger partial charge is 0.494 e. The molecule has 2 aromatic carbocycles. The Balaban J connectivity index is 2.23. The van der Waals surface area contributed by atoms with Crippen LogP contribution in [0.25, 0.3) is 0 Å². The van der Waals surface area contributed by atoms with Crippen molar-refractivity contribution in [2.24, 2.45) is 0 Å². The molecular formula is C18H22N2O4S. The number of amides is 1. The number of anilines is 2. The van der Waals surface area contributed by atoms with E-state index in [-0.39, 0.29) is 0 Å². The minimum atomic E-state index is -3.62. The number of carbonyl (C=O) groups is 1. The second kappa shape index (κ2) is 8.02. The monoisotopic (exact) mass is 362 g/mol. The minimum Gasteiger partial charge on any atom is -0.494 e. The normalized spacial score (nSPS) is 12.3. The molecule has 134 valence electrons. The van der Waals surface area contributed by atoms with Gasteiger partial charge in [-0.1, -0.05) is 24.3 Å². The number of nitrogens with one attached hydrogen (secondary N) is 1. The predicted molar refractivity (Wildman–Crippen MR) is 99.5 cm³/mol. The summed E-state index contributed by atoms with van der Waals surface area (Å²) in [6.07, 6.45) is 1.08. The van der Waals surface area contributed by atoms with Crippen molar-refractivity contribution in [3.63, 3.8) is 0 Å². The van der Waals surface area contributed by atoms with Gasteiger partial charge in [-0.05, 0) is 38.1 Å². The van der Waals surface area contributed by atoms with E-state index < -0.39 is 22.0 Å². The summed E-state index contributed by atoms with van der Waals surface area (Å²) < 4.78 is 30.9. The first-order chi connectivity index (χ1) is 11.8. The number of rotatable bonds is 7. The molecule has 0 saturated heterocycles. The Kier molecular flexibility index (Phi) is 6.03. The van der Waals surface area contributed by atoms with Crippen molar-refractivity contribution < 1.29 is 17.9 Å². The SMILES string of the molecule is CCOc1cccc(NC(=O)C(C)N(c2ccccc2)S(C)(=O)=O)c1. The van der Waals surface area contributed by atoms with Gasteiger partial charge in [-0.3, -0.25) is 9.10 Å². The quantitative estimate of drug-likeness (QED) is 0.822. The van der Waals surface area contributed by atoms with Crippen LogP contribution in [0, 0.1) is 0 Å². The maximum Gasteiger partial charge on any atom is 0.247 e. The fourth-order valence-electron chi connectivity index (χ4n) is 2.46. The van der Waals surface area contributed by atoms with E-state index in [4.69, 9.17) is 4.74 Å². The second-order valence-corrected chi connectivity index (χ2v) is 7.38. The van der Waals surface area contributed by atoms with E-state index in [1.54, 1.807) is 61.5 Å². The van der Waals surface area contributed by atoms with Gasteiger partial charge < -0.3 is 10.1 Å². The van der Waals surface area contributed by atoms with E-state index >= 15 is 0 Å². The van der Waals surface area contributed by atoms with Gasteiger partial charge in [0.15, 0.2) is 0 Å². The van der Waals surface area contributed by atoms with E-state index in [0.29, 0.717) is 23.7 Å². The van der Waals surface area contributed by atoms with Crippen molar-refractivity contribution in [2.75, 3.05) is 22.5 Å². The van der Waals surface area contributed by atoms with Crippen LogP contribution in [0.5, 0.6) is 5.75 Å². The molecule has 0 radical (unpaired) electrons. The molecule has 0 fully saturated rings. The molecule has 0 aliphatic carbocycles. The molecular weight excluding hydrogens is 340 g/mol. The van der Waals surface area contributed by atoms with Crippen LogP contribution >= 0.6 is 0 Å². The van der Waals surface area contributed by atoms with Crippen LogP contribution in [0.4, 0.5) is 11.4 Å². The summed E-state index contributed by atoms with van der Waals surface area (Å²) in [5.41, 5.74) is 0.986. The third-order valence-electron chi connectivity index (χ3n) is 3.51. The van der Waals surface area contributed by atoms with E-state index in [0.717, 1.165) is 10.6 Å². The van der Waals surface area contributed by atoms with E-state index in [2.05, 4.69) is 5.32 Å². The van der Waals surface area contributed by atoms with Gasteiger partial charge in [0.2, 0.25) is 15.9 Å². The van der Waals surface area contributed by atoms with Crippen LogP contribution in [-0.2, 0) is 14.8 Å². The highest BCUT2D eigenvalue weighted by Gasteiger charge is 2.29. The lowest BCUT2D eigenvalue weighted by Crippen LogP contribution is -2.45. The molecule has 2 rings (SSSR count). The molecule has 6 nitrogen and oxygen atoms in total. The zero-order valence-electron chi connectivity index (χ0n) is 14.5. The molecule has 2 aromatic rings. The number of sulfonamides is 1. The number of benzene rings is 2. The van der Waals surface area contributed by atoms with Gasteiger partial charge in [0.25, 0.3) is 0 Å². The summed E-state index contributed by atoms with van der Waals surface area (Å²) in [5.74, 6) is 0.207. The molecule has 7 heteroatoms. The summed E-state index contributed by atoms with van der Waals surface area (Å²) in [6.45, 7) is 3.94. The summed E-state index contributed by atoms with van der Waals surface area (Å²) in [5, 5.41) is 2.74. The van der Waals surface area contributed by atoms with Crippen molar-refractivity contribution in [1.82, 2.24) is 0 Å². The maximum atomic E-state index is 12.6. The van der Waals surface area contributed by atoms with Crippen LogP contribution in [0.1, 0.15) is 13.8 Å². The van der Waals surface area contributed by atoms with Crippen LogP contribution in [0.3, 0.4) is 0 Å². The molecule has 0 heterocycles. The lowest BCUT2D eigenvalue weighted by atomic mass is 10.2. The Hall–Kier alpha value is -2.54. The molecule has 0 spiro atoms. The highest BCUT2D eigenvalue weighted by atomic mass is 32.2. The topological polar surface area (TPSA) is 75.7 Å². The average Bonchev–Trinajstić information content (AvgIpc) is 2.55. The number of carbonyl (C=O) groups excluding carboxylic acids is 1. The van der Waals surface area contributed by atoms with Gasteiger partial charge in [-0.2, -0.15) is 0 Å². The lowest BCUT2D eigenvalue weighted by molar-refractivity contribution is -0.116. The predicted octanol–water partition coefficient (Wildman–Crippen LogP) is 2.88. The Morgan fingerprint density at radius 1 is 1.16 bits per heavy atom. The zero-order valence-corrected chi connectivity index (χ0v) is 15.3. The van der Waals surface area contributed by atoms with E-state index in [1.807, 2.05) is 6.92 Å². The molecule has 0 bridgehead atoms. The molecule has 0 saturated carbocycles. The molecule has 0 aromatic heterocycles. The Bertz CT molecular complexity index is 822. The first kappa shape index (κ1) is 18.8. The smallest absolute Gasteiger partial charge is 0.247 e. The lowest BCUT2D eigenvalue weighted by Gasteiger charge is -2.28. The van der Waals surface area contributed by atoms with Crippen molar-refractivity contribution in [3.05, 3.63) is 54.6 Å². The average molecular weight is 362 g/mol. The van der Waals surface area contributed by atoms with Crippen LogP contribution in [0.2, 0.25) is 0 Å². The van der Waals surface area contributed by atoms with Gasteiger partial charge in [-0.25, -0.2) is 8.42 Å². The van der Waals surface area contributed by atoms with Crippen molar-refractivity contribution in [3.8, 4) is 5.75 Å². The highest BCUT2D eigenvalue weighted by molar-refractivity contribution is 7.92. The van der Waals surface area contributed by atoms with Crippen LogP contribution in [0.15, 0.2) is 54.6 Å². The summed E-state index contributed by atoms with van der Waals surface area (Å²) in [6, 6.07) is 14.6. The molecule has 0 aliphatic rings. The molecule has 1 atom stereocenters. The third-order valence-corrected chi connectivity index (χ3v) is 4.75. The standard InChI is InChI=1S/C18H22N2O4S/c1-4-24-17-12-8-9-15(13-17)19-18(21)14(2)20(25(3,22)23)16-10-6-5-7-11-16/h5-14H,4H2,1-3H3,(H,19,21). The zero-order chi connectivity index (χ0) is 18.4. The van der Waals surface area contributed by atoms with Gasteiger partial charge in [0, 0.05) is 11.8 Å². The first-order valence-corrected chi connectivity index (χ1v) is 9.76. The summed E-state index contributed by atoms with van der Waals surface area (Å²) >= 11 is 0. The summed E-state index contributed by atoms with van der Waals surface area (Å²) in [7, 11) is -3.62. The third kappa shape index (κ3) is 4.96. The fraction of sp³-hybridized carbons (Fsp3) is 0.278. The summed E-state index contributed by atoms with van der Waals surface area (Å²) in [4.78, 5) is 12.6. The second-order valence-electron chi connectivity index (χ2n) is 5.52. The number of hydrogen-bond donors (Lipinski definition) is 1. The molecule has 1 unspecified atom stereocenters. The Labute approximate surface area is 148 Å². The van der Waals surface area contributed by atoms with Gasteiger partial charge in [-0.15, -0.1) is 0 Å². The maximum absolute atomic E-state index is 12.6. The first-order valence-electron chi connectivity index (χ1n) is 7.91. The molecule has 1 amide bonds. The van der Waals surface area contributed by atoms with E-state index in [1.165, 1.54) is 0 Å². The Morgan fingerprint density at radius 3 is 2.44 bits per heavy atom. The molecule has 0 aliphatic heterocycles. The molecule has 1 N–H and O–H groups in total. The van der Waals surface area contributed by atoms with E-state index in [9.17, 15) is 13.2 Å². The Morgan fingerprint density at radius 2 is 1.84 bits per heavy atom. The minimum absolute atomic E-state index is 0.428.